The summed E-state index contributed by atoms with van der Waals surface area (Å²) in [6.07, 6.45) is 6.34. The Morgan fingerprint density at radius 1 is 1.00 bits per heavy atom. The fourth-order valence-corrected chi connectivity index (χ4v) is 6.45. The van der Waals surface area contributed by atoms with Gasteiger partial charge in [-0.25, -0.2) is 4.79 Å². The average Bonchev–Trinajstić information content (AvgIpc) is 2.71. The fraction of sp³-hybridized carbons (Fsp3) is 0.520. The van der Waals surface area contributed by atoms with Crippen LogP contribution in [0.25, 0.3) is 10.8 Å². The van der Waals surface area contributed by atoms with Crippen LogP contribution in [0, 0.1) is 17.8 Å². The normalized spacial score (nSPS) is 30.1. The van der Waals surface area contributed by atoms with E-state index in [0.717, 1.165) is 47.8 Å². The Bertz CT molecular complexity index is 963. The molecule has 4 fully saturated rings. The molecule has 0 aromatic heterocycles. The molecule has 2 aromatic carbocycles. The number of esters is 1. The SMILES string of the molecule is COc1cc2ccccc2cc1C(=O)O[C@@H](C)C(=O)NC12CC3CC(CC(C3)C1)C2. The van der Waals surface area contributed by atoms with Crippen LogP contribution in [-0.4, -0.2) is 30.6 Å². The van der Waals surface area contributed by atoms with Gasteiger partial charge in [0.25, 0.3) is 5.91 Å². The van der Waals surface area contributed by atoms with E-state index in [1.807, 2.05) is 30.3 Å². The van der Waals surface area contributed by atoms with Crippen LogP contribution >= 0.6 is 0 Å². The van der Waals surface area contributed by atoms with Crippen LogP contribution in [0.15, 0.2) is 36.4 Å². The van der Waals surface area contributed by atoms with Crippen molar-refractivity contribution in [2.45, 2.75) is 57.1 Å². The number of rotatable bonds is 5. The fourth-order valence-electron chi connectivity index (χ4n) is 6.45. The van der Waals surface area contributed by atoms with Gasteiger partial charge in [-0.3, -0.25) is 4.79 Å². The van der Waals surface area contributed by atoms with E-state index in [-0.39, 0.29) is 11.4 Å². The molecule has 5 nitrogen and oxygen atoms in total. The van der Waals surface area contributed by atoms with E-state index in [0.29, 0.717) is 11.3 Å². The quantitative estimate of drug-likeness (QED) is 0.743. The summed E-state index contributed by atoms with van der Waals surface area (Å²) in [6.45, 7) is 1.65. The molecular weight excluding hydrogens is 378 g/mol. The Balaban J connectivity index is 1.29. The van der Waals surface area contributed by atoms with Gasteiger partial charge in [-0.2, -0.15) is 0 Å². The number of ether oxygens (including phenoxy) is 2. The number of amides is 1. The zero-order valence-corrected chi connectivity index (χ0v) is 17.6. The van der Waals surface area contributed by atoms with Crippen molar-refractivity contribution in [1.29, 1.82) is 0 Å². The van der Waals surface area contributed by atoms with Crippen molar-refractivity contribution in [2.24, 2.45) is 17.8 Å². The summed E-state index contributed by atoms with van der Waals surface area (Å²) in [4.78, 5) is 25.8. The molecule has 0 saturated heterocycles. The first-order chi connectivity index (χ1) is 14.4. The summed E-state index contributed by atoms with van der Waals surface area (Å²) in [7, 11) is 1.53. The molecule has 4 bridgehead atoms. The van der Waals surface area contributed by atoms with Crippen LogP contribution < -0.4 is 10.1 Å². The Morgan fingerprint density at radius 3 is 2.13 bits per heavy atom. The third-order valence-electron chi connectivity index (χ3n) is 7.37. The van der Waals surface area contributed by atoms with Crippen LogP contribution in [0.5, 0.6) is 5.75 Å². The van der Waals surface area contributed by atoms with Crippen molar-refractivity contribution in [1.82, 2.24) is 5.32 Å². The molecule has 0 radical (unpaired) electrons. The van der Waals surface area contributed by atoms with Crippen molar-refractivity contribution in [2.75, 3.05) is 7.11 Å². The highest BCUT2D eigenvalue weighted by atomic mass is 16.5. The first-order valence-corrected chi connectivity index (χ1v) is 11.0. The Hall–Kier alpha value is -2.56. The summed E-state index contributed by atoms with van der Waals surface area (Å²) < 4.78 is 11.0. The Kier molecular flexibility index (Phi) is 4.72. The molecule has 2 aromatic rings. The zero-order valence-electron chi connectivity index (χ0n) is 17.6. The smallest absolute Gasteiger partial charge is 0.342 e. The lowest BCUT2D eigenvalue weighted by atomic mass is 9.53. The molecule has 1 atom stereocenters. The van der Waals surface area contributed by atoms with Crippen LogP contribution in [-0.2, 0) is 9.53 Å². The summed E-state index contributed by atoms with van der Waals surface area (Å²) in [5.74, 6) is 1.96. The Morgan fingerprint density at radius 2 is 1.57 bits per heavy atom. The molecule has 1 amide bonds. The van der Waals surface area contributed by atoms with E-state index in [9.17, 15) is 9.59 Å². The molecule has 1 N–H and O–H groups in total. The first kappa shape index (κ1) is 19.4. The van der Waals surface area contributed by atoms with Crippen molar-refractivity contribution in [3.63, 3.8) is 0 Å². The molecule has 0 spiro atoms. The molecule has 0 heterocycles. The largest absolute Gasteiger partial charge is 0.496 e. The van der Waals surface area contributed by atoms with E-state index in [1.54, 1.807) is 13.0 Å². The molecule has 0 aliphatic heterocycles. The number of hydrogen-bond donors (Lipinski definition) is 1. The number of carbonyl (C=O) groups is 2. The van der Waals surface area contributed by atoms with E-state index >= 15 is 0 Å². The molecule has 158 valence electrons. The highest BCUT2D eigenvalue weighted by molar-refractivity contribution is 5.99. The minimum Gasteiger partial charge on any atom is -0.496 e. The van der Waals surface area contributed by atoms with Crippen LogP contribution in [0.1, 0.15) is 55.8 Å². The predicted octanol–water partition coefficient (Wildman–Crippen LogP) is 4.48. The molecule has 6 rings (SSSR count). The first-order valence-electron chi connectivity index (χ1n) is 11.0. The summed E-state index contributed by atoms with van der Waals surface area (Å²) in [5.41, 5.74) is 0.248. The Labute approximate surface area is 177 Å². The number of hydrogen-bond acceptors (Lipinski definition) is 4. The van der Waals surface area contributed by atoms with Gasteiger partial charge in [-0.15, -0.1) is 0 Å². The second-order valence-electron chi connectivity index (χ2n) is 9.63. The molecule has 4 aliphatic carbocycles. The highest BCUT2D eigenvalue weighted by Crippen LogP contribution is 2.55. The molecule has 5 heteroatoms. The van der Waals surface area contributed by atoms with Gasteiger partial charge in [-0.05, 0) is 86.1 Å². The van der Waals surface area contributed by atoms with E-state index in [4.69, 9.17) is 9.47 Å². The monoisotopic (exact) mass is 407 g/mol. The van der Waals surface area contributed by atoms with E-state index in [2.05, 4.69) is 5.32 Å². The van der Waals surface area contributed by atoms with Crippen molar-refractivity contribution in [3.05, 3.63) is 42.0 Å². The van der Waals surface area contributed by atoms with Crippen molar-refractivity contribution in [3.8, 4) is 5.75 Å². The average molecular weight is 408 g/mol. The minimum atomic E-state index is -0.846. The molecule has 30 heavy (non-hydrogen) atoms. The van der Waals surface area contributed by atoms with E-state index in [1.165, 1.54) is 26.4 Å². The third-order valence-corrected chi connectivity index (χ3v) is 7.37. The van der Waals surface area contributed by atoms with Gasteiger partial charge in [0.1, 0.15) is 11.3 Å². The van der Waals surface area contributed by atoms with Gasteiger partial charge in [0, 0.05) is 5.54 Å². The summed E-state index contributed by atoms with van der Waals surface area (Å²) >= 11 is 0. The van der Waals surface area contributed by atoms with Gasteiger partial charge in [0.15, 0.2) is 6.10 Å². The zero-order chi connectivity index (χ0) is 20.9. The molecule has 4 aliphatic rings. The van der Waals surface area contributed by atoms with Crippen molar-refractivity contribution >= 4 is 22.6 Å². The lowest BCUT2D eigenvalue weighted by Gasteiger charge is -2.57. The number of benzene rings is 2. The maximum atomic E-state index is 12.9. The highest BCUT2D eigenvalue weighted by Gasteiger charge is 2.51. The van der Waals surface area contributed by atoms with Gasteiger partial charge >= 0.3 is 5.97 Å². The molecule has 0 unspecified atom stereocenters. The summed E-state index contributed by atoms with van der Waals surface area (Å²) in [5, 5.41) is 5.20. The van der Waals surface area contributed by atoms with Crippen molar-refractivity contribution < 1.29 is 19.1 Å². The predicted molar refractivity (Wildman–Crippen MR) is 114 cm³/mol. The third kappa shape index (κ3) is 3.44. The second-order valence-corrected chi connectivity index (χ2v) is 9.63. The second kappa shape index (κ2) is 7.29. The number of methoxy groups -OCH3 is 1. The molecular formula is C25H29NO4. The topological polar surface area (TPSA) is 64.6 Å². The number of fused-ring (bicyclic) bond motifs is 1. The van der Waals surface area contributed by atoms with Crippen LogP contribution in [0.2, 0.25) is 0 Å². The van der Waals surface area contributed by atoms with Crippen LogP contribution in [0.3, 0.4) is 0 Å². The minimum absolute atomic E-state index is 0.0901. The van der Waals surface area contributed by atoms with Gasteiger partial charge in [0.05, 0.1) is 7.11 Å². The summed E-state index contributed by atoms with van der Waals surface area (Å²) in [6, 6.07) is 11.4. The van der Waals surface area contributed by atoms with Crippen LogP contribution in [0.4, 0.5) is 0 Å². The van der Waals surface area contributed by atoms with Gasteiger partial charge < -0.3 is 14.8 Å². The van der Waals surface area contributed by atoms with Gasteiger partial charge in [0.2, 0.25) is 0 Å². The standard InChI is InChI=1S/C25H29NO4/c1-15(23(27)26-25-12-16-7-17(13-25)9-18(8-16)14-25)30-24(28)21-10-19-5-3-4-6-20(19)11-22(21)29-2/h3-6,10-11,15-18H,7-9,12-14H2,1-2H3,(H,26,27)/t15-,16?,17?,18?,25?/m0/s1. The lowest BCUT2D eigenvalue weighted by Crippen LogP contribution is -2.61. The maximum absolute atomic E-state index is 12.9. The number of carbonyl (C=O) groups excluding carboxylic acids is 2. The molecule has 4 saturated carbocycles. The number of nitrogens with one attached hydrogen (secondary N) is 1. The van der Waals surface area contributed by atoms with E-state index < -0.39 is 12.1 Å². The maximum Gasteiger partial charge on any atom is 0.342 e. The van der Waals surface area contributed by atoms with Gasteiger partial charge in [-0.1, -0.05) is 24.3 Å². The lowest BCUT2D eigenvalue weighted by molar-refractivity contribution is -0.134.